The molecule has 0 aliphatic rings. The van der Waals surface area contributed by atoms with E-state index < -0.39 is 17.8 Å². The normalized spacial score (nSPS) is 12.0. The summed E-state index contributed by atoms with van der Waals surface area (Å²) in [4.78, 5) is 23.7. The smallest absolute Gasteiger partial charge is 0.292 e. The SMILES string of the molecule is CCn1cc(C(=O)C(=O)NCC(O)c2ccccc2Cl)cn1. The van der Waals surface area contributed by atoms with Crippen molar-refractivity contribution in [1.82, 2.24) is 15.1 Å². The highest BCUT2D eigenvalue weighted by Crippen LogP contribution is 2.21. The van der Waals surface area contributed by atoms with Crippen molar-refractivity contribution >= 4 is 23.3 Å². The predicted molar refractivity (Wildman–Crippen MR) is 81.7 cm³/mol. The molecule has 1 aromatic heterocycles. The van der Waals surface area contributed by atoms with Gasteiger partial charge in [0.15, 0.2) is 0 Å². The number of amides is 1. The molecule has 0 saturated carbocycles. The number of aromatic nitrogens is 2. The highest BCUT2D eigenvalue weighted by atomic mass is 35.5. The van der Waals surface area contributed by atoms with Crippen LogP contribution in [0.15, 0.2) is 36.7 Å². The number of halogens is 1. The summed E-state index contributed by atoms with van der Waals surface area (Å²) < 4.78 is 1.55. The molecule has 2 aromatic rings. The summed E-state index contributed by atoms with van der Waals surface area (Å²) in [5, 5.41) is 16.8. The van der Waals surface area contributed by atoms with Crippen LogP contribution >= 0.6 is 11.6 Å². The molecule has 0 radical (unpaired) electrons. The van der Waals surface area contributed by atoms with E-state index in [1.807, 2.05) is 6.92 Å². The van der Waals surface area contributed by atoms with Gasteiger partial charge in [-0.25, -0.2) is 0 Å². The highest BCUT2D eigenvalue weighted by Gasteiger charge is 2.19. The number of rotatable bonds is 6. The Balaban J connectivity index is 1.95. The van der Waals surface area contributed by atoms with Gasteiger partial charge in [0.25, 0.3) is 11.7 Å². The van der Waals surface area contributed by atoms with Crippen molar-refractivity contribution in [1.29, 1.82) is 0 Å². The van der Waals surface area contributed by atoms with Crippen LogP contribution in [0.5, 0.6) is 0 Å². The van der Waals surface area contributed by atoms with Crippen molar-refractivity contribution in [3.8, 4) is 0 Å². The number of aryl methyl sites for hydroxylation is 1. The maximum absolute atomic E-state index is 11.9. The van der Waals surface area contributed by atoms with Crippen molar-refractivity contribution in [2.24, 2.45) is 0 Å². The molecular weight excluding hydrogens is 306 g/mol. The Morgan fingerprint density at radius 1 is 1.41 bits per heavy atom. The van der Waals surface area contributed by atoms with E-state index in [4.69, 9.17) is 11.6 Å². The first-order valence-electron chi connectivity index (χ1n) is 6.80. The summed E-state index contributed by atoms with van der Waals surface area (Å²) in [6.07, 6.45) is 1.87. The number of nitrogens with one attached hydrogen (secondary N) is 1. The molecule has 0 aliphatic heterocycles. The van der Waals surface area contributed by atoms with E-state index in [1.165, 1.54) is 12.4 Å². The lowest BCUT2D eigenvalue weighted by atomic mass is 10.1. The minimum atomic E-state index is -0.983. The van der Waals surface area contributed by atoms with Crippen molar-refractivity contribution in [2.45, 2.75) is 19.6 Å². The van der Waals surface area contributed by atoms with Crippen molar-refractivity contribution < 1.29 is 14.7 Å². The predicted octanol–water partition coefficient (Wildman–Crippen LogP) is 1.59. The van der Waals surface area contributed by atoms with Gasteiger partial charge in [0.2, 0.25) is 0 Å². The quantitative estimate of drug-likeness (QED) is 0.625. The van der Waals surface area contributed by atoms with Crippen LogP contribution in [0.4, 0.5) is 0 Å². The Kier molecular flexibility index (Phi) is 5.30. The molecule has 1 unspecified atom stereocenters. The topological polar surface area (TPSA) is 84.2 Å². The summed E-state index contributed by atoms with van der Waals surface area (Å²) in [5.41, 5.74) is 0.710. The van der Waals surface area contributed by atoms with Gasteiger partial charge in [-0.1, -0.05) is 29.8 Å². The third kappa shape index (κ3) is 3.72. The summed E-state index contributed by atoms with van der Waals surface area (Å²) in [5.74, 6) is -1.48. The minimum absolute atomic E-state index is 0.101. The van der Waals surface area contributed by atoms with Crippen LogP contribution in [-0.4, -0.2) is 33.1 Å². The van der Waals surface area contributed by atoms with Crippen molar-refractivity contribution in [3.63, 3.8) is 0 Å². The van der Waals surface area contributed by atoms with E-state index in [1.54, 1.807) is 28.9 Å². The van der Waals surface area contributed by atoms with Crippen LogP contribution in [0, 0.1) is 0 Å². The van der Waals surface area contributed by atoms with E-state index in [0.717, 1.165) is 0 Å². The first-order valence-corrected chi connectivity index (χ1v) is 7.18. The molecule has 1 amide bonds. The number of hydrogen-bond donors (Lipinski definition) is 2. The number of benzene rings is 1. The molecule has 1 aromatic carbocycles. The van der Waals surface area contributed by atoms with Gasteiger partial charge >= 0.3 is 0 Å². The highest BCUT2D eigenvalue weighted by molar-refractivity contribution is 6.42. The van der Waals surface area contributed by atoms with E-state index >= 15 is 0 Å². The lowest BCUT2D eigenvalue weighted by Gasteiger charge is -2.13. The fraction of sp³-hybridized carbons (Fsp3) is 0.267. The van der Waals surface area contributed by atoms with E-state index in [9.17, 15) is 14.7 Å². The fourth-order valence-electron chi connectivity index (χ4n) is 1.91. The molecule has 0 spiro atoms. The van der Waals surface area contributed by atoms with Crippen LogP contribution in [0.3, 0.4) is 0 Å². The van der Waals surface area contributed by atoms with E-state index in [2.05, 4.69) is 10.4 Å². The minimum Gasteiger partial charge on any atom is -0.387 e. The third-order valence-electron chi connectivity index (χ3n) is 3.15. The standard InChI is InChI=1S/C15H16ClN3O3/c1-2-19-9-10(7-18-19)14(21)15(22)17-8-13(20)11-5-3-4-6-12(11)16/h3-7,9,13,20H,2,8H2,1H3,(H,17,22). The lowest BCUT2D eigenvalue weighted by molar-refractivity contribution is -0.117. The van der Waals surface area contributed by atoms with Gasteiger partial charge in [0.1, 0.15) is 0 Å². The largest absolute Gasteiger partial charge is 0.387 e. The van der Waals surface area contributed by atoms with Gasteiger partial charge in [-0.3, -0.25) is 14.3 Å². The van der Waals surface area contributed by atoms with Gasteiger partial charge in [0.05, 0.1) is 17.9 Å². The Morgan fingerprint density at radius 2 is 2.14 bits per heavy atom. The Bertz CT molecular complexity index is 684. The maximum atomic E-state index is 11.9. The number of carbonyl (C=O) groups excluding carboxylic acids is 2. The number of Topliss-reactive ketones (excluding diaryl/α,β-unsaturated/α-hetero) is 1. The molecule has 7 heteroatoms. The zero-order chi connectivity index (χ0) is 16.1. The first-order chi connectivity index (χ1) is 10.5. The Labute approximate surface area is 132 Å². The maximum Gasteiger partial charge on any atom is 0.292 e. The van der Waals surface area contributed by atoms with Gasteiger partial charge in [-0.15, -0.1) is 0 Å². The fourth-order valence-corrected chi connectivity index (χ4v) is 2.17. The molecule has 2 N–H and O–H groups in total. The average Bonchev–Trinajstić information content (AvgIpc) is 3.01. The van der Waals surface area contributed by atoms with Crippen LogP contribution in [-0.2, 0) is 11.3 Å². The average molecular weight is 322 g/mol. The van der Waals surface area contributed by atoms with Gasteiger partial charge in [-0.05, 0) is 13.0 Å². The molecule has 2 rings (SSSR count). The Hall–Kier alpha value is -2.18. The molecule has 6 nitrogen and oxygen atoms in total. The molecule has 0 bridgehead atoms. The molecule has 1 heterocycles. The summed E-state index contributed by atoms with van der Waals surface area (Å²) in [6, 6.07) is 6.78. The van der Waals surface area contributed by atoms with Gasteiger partial charge in [0, 0.05) is 29.9 Å². The number of nitrogens with zero attached hydrogens (tertiary/aromatic N) is 2. The van der Waals surface area contributed by atoms with Crippen LogP contribution in [0.1, 0.15) is 28.9 Å². The second-order valence-corrected chi connectivity index (χ2v) is 5.07. The van der Waals surface area contributed by atoms with Crippen LogP contribution in [0.2, 0.25) is 5.02 Å². The summed E-state index contributed by atoms with van der Waals surface area (Å²) >= 11 is 5.96. The van der Waals surface area contributed by atoms with Crippen molar-refractivity contribution in [2.75, 3.05) is 6.54 Å². The molecule has 0 fully saturated rings. The molecule has 22 heavy (non-hydrogen) atoms. The second-order valence-electron chi connectivity index (χ2n) is 4.66. The first kappa shape index (κ1) is 16.2. The number of ketones is 1. The zero-order valence-corrected chi connectivity index (χ0v) is 12.7. The molecule has 1 atom stereocenters. The van der Waals surface area contributed by atoms with E-state index in [-0.39, 0.29) is 12.1 Å². The summed E-state index contributed by atoms with van der Waals surface area (Å²) in [7, 11) is 0. The molecule has 116 valence electrons. The van der Waals surface area contributed by atoms with Crippen molar-refractivity contribution in [3.05, 3.63) is 52.8 Å². The monoisotopic (exact) mass is 321 g/mol. The van der Waals surface area contributed by atoms with Crippen LogP contribution in [0.25, 0.3) is 0 Å². The number of aliphatic hydroxyl groups excluding tert-OH is 1. The second kappa shape index (κ2) is 7.20. The van der Waals surface area contributed by atoms with Gasteiger partial charge < -0.3 is 10.4 Å². The zero-order valence-electron chi connectivity index (χ0n) is 12.0. The summed E-state index contributed by atoms with van der Waals surface area (Å²) in [6.45, 7) is 2.39. The van der Waals surface area contributed by atoms with E-state index in [0.29, 0.717) is 17.1 Å². The molecule has 0 aliphatic carbocycles. The number of hydrogen-bond acceptors (Lipinski definition) is 4. The number of carbonyl (C=O) groups is 2. The van der Waals surface area contributed by atoms with Crippen LogP contribution < -0.4 is 5.32 Å². The molecule has 0 saturated heterocycles. The Morgan fingerprint density at radius 3 is 2.77 bits per heavy atom. The lowest BCUT2D eigenvalue weighted by Crippen LogP contribution is -2.34. The van der Waals surface area contributed by atoms with Gasteiger partial charge in [-0.2, -0.15) is 5.10 Å². The molecular formula is C15H16ClN3O3. The number of aliphatic hydroxyl groups is 1. The third-order valence-corrected chi connectivity index (χ3v) is 3.49.